The van der Waals surface area contributed by atoms with Crippen molar-refractivity contribution >= 4 is 23.3 Å². The van der Waals surface area contributed by atoms with Gasteiger partial charge in [-0.15, -0.1) is 6.58 Å². The molecule has 3 N–H and O–H groups in total. The van der Waals surface area contributed by atoms with Crippen LogP contribution in [0.1, 0.15) is 24.0 Å². The first-order valence-electron chi connectivity index (χ1n) is 11.0. The highest BCUT2D eigenvalue weighted by Crippen LogP contribution is 2.34. The smallest absolute Gasteiger partial charge is 0.317 e. The van der Waals surface area contributed by atoms with Crippen LogP contribution in [0, 0.1) is 18.7 Å². The fourth-order valence-corrected chi connectivity index (χ4v) is 4.07. The lowest BCUT2D eigenvalue weighted by Gasteiger charge is -2.38. The van der Waals surface area contributed by atoms with Crippen molar-refractivity contribution in [1.82, 2.24) is 10.2 Å². The van der Waals surface area contributed by atoms with Crippen molar-refractivity contribution in [2.24, 2.45) is 5.92 Å². The van der Waals surface area contributed by atoms with Gasteiger partial charge in [0.25, 0.3) is 5.92 Å². The molecule has 2 atom stereocenters. The summed E-state index contributed by atoms with van der Waals surface area (Å²) in [7, 11) is 1.51. The number of allylic oxidation sites excluding steroid dienone is 1. The van der Waals surface area contributed by atoms with E-state index in [0.29, 0.717) is 13.0 Å². The highest BCUT2D eigenvalue weighted by Gasteiger charge is 2.37. The summed E-state index contributed by atoms with van der Waals surface area (Å²) in [6.07, 6.45) is 0.891. The molecule has 2 aromatic carbocycles. The van der Waals surface area contributed by atoms with Crippen molar-refractivity contribution in [1.29, 1.82) is 0 Å². The maximum atomic E-state index is 14.3. The lowest BCUT2D eigenvalue weighted by Crippen LogP contribution is -2.54. The molecule has 1 fully saturated rings. The molecule has 1 saturated heterocycles. The molecule has 0 radical (unpaired) electrons. The van der Waals surface area contributed by atoms with Crippen molar-refractivity contribution < 1.29 is 22.8 Å². The van der Waals surface area contributed by atoms with Crippen molar-refractivity contribution in [3.63, 3.8) is 0 Å². The second kappa shape index (κ2) is 10.6. The van der Waals surface area contributed by atoms with Crippen LogP contribution in [0.3, 0.4) is 0 Å². The maximum Gasteiger partial charge on any atom is 0.317 e. The Labute approximate surface area is 197 Å². The summed E-state index contributed by atoms with van der Waals surface area (Å²) in [4.78, 5) is 27.0. The summed E-state index contributed by atoms with van der Waals surface area (Å²) in [5, 5.41) is 8.52. The quantitative estimate of drug-likeness (QED) is 0.501. The van der Waals surface area contributed by atoms with Gasteiger partial charge in [0.2, 0.25) is 5.91 Å². The van der Waals surface area contributed by atoms with Crippen LogP contribution >= 0.6 is 0 Å². The molecule has 3 amide bonds. The number of nitrogens with zero attached hydrogens (tertiary/aromatic N) is 1. The Morgan fingerprint density at radius 3 is 2.65 bits per heavy atom. The number of hydrogen-bond donors (Lipinski definition) is 3. The van der Waals surface area contributed by atoms with Crippen molar-refractivity contribution in [2.45, 2.75) is 31.7 Å². The zero-order valence-corrected chi connectivity index (χ0v) is 19.2. The predicted octanol–water partition coefficient (Wildman–Crippen LogP) is 4.88. The lowest BCUT2D eigenvalue weighted by molar-refractivity contribution is -0.121. The Kier molecular flexibility index (Phi) is 7.86. The Hall–Kier alpha value is -3.49. The van der Waals surface area contributed by atoms with Crippen molar-refractivity contribution in [3.05, 3.63) is 72.1 Å². The number of urea groups is 1. The number of likely N-dealkylation sites (tertiary alicyclic amines) is 1. The van der Waals surface area contributed by atoms with Gasteiger partial charge in [-0.1, -0.05) is 24.3 Å². The minimum atomic E-state index is -3.32. The molecule has 34 heavy (non-hydrogen) atoms. The molecule has 0 bridgehead atoms. The molecule has 1 aliphatic rings. The Bertz CT molecular complexity index is 1060. The van der Waals surface area contributed by atoms with Crippen molar-refractivity contribution in [3.8, 4) is 0 Å². The topological polar surface area (TPSA) is 73.5 Å². The first kappa shape index (κ1) is 25.1. The Morgan fingerprint density at radius 2 is 1.97 bits per heavy atom. The van der Waals surface area contributed by atoms with E-state index in [1.54, 1.807) is 0 Å². The molecule has 0 saturated carbocycles. The van der Waals surface area contributed by atoms with E-state index >= 15 is 0 Å². The van der Waals surface area contributed by atoms with Gasteiger partial charge in [0, 0.05) is 49.5 Å². The van der Waals surface area contributed by atoms with E-state index in [4.69, 9.17) is 0 Å². The monoisotopic (exact) mass is 474 g/mol. The highest BCUT2D eigenvalue weighted by atomic mass is 19.3. The summed E-state index contributed by atoms with van der Waals surface area (Å²) in [6, 6.07) is 9.79. The van der Waals surface area contributed by atoms with Crippen LogP contribution in [0.5, 0.6) is 0 Å². The molecule has 9 heteroatoms. The molecule has 0 spiro atoms. The number of hydrogen-bond acceptors (Lipinski definition) is 3. The number of carbonyl (C=O) groups excluding carboxylic acids is 2. The van der Waals surface area contributed by atoms with Gasteiger partial charge in [-0.2, -0.15) is 0 Å². The molecular weight excluding hydrogens is 445 g/mol. The normalized spacial score (nSPS) is 18.2. The molecule has 1 aliphatic heterocycles. The van der Waals surface area contributed by atoms with E-state index in [9.17, 15) is 22.8 Å². The largest absolute Gasteiger partial charge is 0.381 e. The lowest BCUT2D eigenvalue weighted by atomic mass is 9.90. The van der Waals surface area contributed by atoms with Crippen LogP contribution < -0.4 is 16.0 Å². The van der Waals surface area contributed by atoms with E-state index in [1.807, 2.05) is 31.2 Å². The minimum Gasteiger partial charge on any atom is -0.381 e. The minimum absolute atomic E-state index is 0.0737. The van der Waals surface area contributed by atoms with Crippen molar-refractivity contribution in [2.75, 3.05) is 30.8 Å². The Morgan fingerprint density at radius 1 is 1.24 bits per heavy atom. The number of halogens is 3. The SMILES string of the molecule is C=CCC(F)(F)c1cc(F)cc(NC(=O)[C@@H]2CN(C(=O)NC)CC[C@@H]2Nc2ccccc2C)c1. The number of rotatable bonds is 7. The molecule has 3 rings (SSSR count). The fraction of sp³-hybridized carbons (Fsp3) is 0.360. The van der Waals surface area contributed by atoms with Gasteiger partial charge >= 0.3 is 6.03 Å². The van der Waals surface area contributed by atoms with Crippen LogP contribution in [0.25, 0.3) is 0 Å². The van der Waals surface area contributed by atoms with Gasteiger partial charge in [0.1, 0.15) is 5.82 Å². The van der Waals surface area contributed by atoms with Crippen LogP contribution in [0.4, 0.5) is 29.3 Å². The number of aryl methyl sites for hydroxylation is 1. The van der Waals surface area contributed by atoms with Crippen LogP contribution in [-0.2, 0) is 10.7 Å². The molecule has 0 aliphatic carbocycles. The Balaban J connectivity index is 1.86. The van der Waals surface area contributed by atoms with Gasteiger partial charge in [-0.05, 0) is 43.2 Å². The van der Waals surface area contributed by atoms with E-state index in [2.05, 4.69) is 22.5 Å². The molecule has 2 aromatic rings. The summed E-state index contributed by atoms with van der Waals surface area (Å²) >= 11 is 0. The first-order valence-corrected chi connectivity index (χ1v) is 11.0. The van der Waals surface area contributed by atoms with E-state index in [1.165, 1.54) is 11.9 Å². The molecule has 0 unspecified atom stereocenters. The van der Waals surface area contributed by atoms with Gasteiger partial charge < -0.3 is 20.9 Å². The molecule has 6 nitrogen and oxygen atoms in total. The predicted molar refractivity (Wildman–Crippen MR) is 126 cm³/mol. The first-order chi connectivity index (χ1) is 16.1. The average molecular weight is 475 g/mol. The number of alkyl halides is 2. The zero-order valence-electron chi connectivity index (χ0n) is 19.2. The van der Waals surface area contributed by atoms with E-state index in [-0.39, 0.29) is 24.3 Å². The number of amides is 3. The second-order valence-electron chi connectivity index (χ2n) is 8.38. The van der Waals surface area contributed by atoms with E-state index < -0.39 is 35.5 Å². The molecule has 182 valence electrons. The van der Waals surface area contributed by atoms with Gasteiger partial charge in [-0.3, -0.25) is 4.79 Å². The highest BCUT2D eigenvalue weighted by molar-refractivity contribution is 5.94. The summed E-state index contributed by atoms with van der Waals surface area (Å²) in [5.41, 5.74) is 1.23. The number of anilines is 2. The average Bonchev–Trinajstić information content (AvgIpc) is 2.79. The summed E-state index contributed by atoms with van der Waals surface area (Å²) in [5.74, 6) is -5.41. The third kappa shape index (κ3) is 5.89. The van der Waals surface area contributed by atoms with E-state index in [0.717, 1.165) is 35.5 Å². The molecule has 0 aromatic heterocycles. The zero-order chi connectivity index (χ0) is 24.9. The van der Waals surface area contributed by atoms with Gasteiger partial charge in [0.05, 0.1) is 5.92 Å². The van der Waals surface area contributed by atoms with Gasteiger partial charge in [-0.25, -0.2) is 18.0 Å². The number of para-hydroxylation sites is 1. The van der Waals surface area contributed by atoms with Crippen LogP contribution in [-0.4, -0.2) is 43.0 Å². The summed E-state index contributed by atoms with van der Waals surface area (Å²) in [6.45, 7) is 5.80. The number of nitrogens with one attached hydrogen (secondary N) is 3. The summed E-state index contributed by atoms with van der Waals surface area (Å²) < 4.78 is 42.8. The standard InChI is InChI=1S/C25H29F3N4O2/c1-4-10-25(27,28)17-12-18(26)14-19(13-17)30-23(33)20-15-32(24(34)29-3)11-9-22(20)31-21-8-6-5-7-16(21)2/h4-8,12-14,20,22,31H,1,9-11,15H2,2-3H3,(H,29,34)(H,30,33)/t20-,22+/m1/s1. The fourth-order valence-electron chi connectivity index (χ4n) is 4.07. The van der Waals surface area contributed by atoms with Crippen LogP contribution in [0.15, 0.2) is 55.1 Å². The molecular formula is C25H29F3N4O2. The second-order valence-corrected chi connectivity index (χ2v) is 8.38. The third-order valence-corrected chi connectivity index (χ3v) is 5.92. The third-order valence-electron chi connectivity index (χ3n) is 5.92. The number of piperidine rings is 1. The molecule has 1 heterocycles. The maximum absolute atomic E-state index is 14.3. The van der Waals surface area contributed by atoms with Gasteiger partial charge in [0.15, 0.2) is 0 Å². The van der Waals surface area contributed by atoms with Crippen LogP contribution in [0.2, 0.25) is 0 Å². The number of benzene rings is 2. The number of carbonyl (C=O) groups is 2.